The summed E-state index contributed by atoms with van der Waals surface area (Å²) in [5.74, 6) is 1.07. The van der Waals surface area contributed by atoms with Crippen LogP contribution in [-0.2, 0) is 0 Å². The first-order valence-electron chi connectivity index (χ1n) is 7.70. The molecule has 0 bridgehead atoms. The molecule has 0 fully saturated rings. The number of hydrogen-bond donors (Lipinski definition) is 2. The molecule has 0 spiro atoms. The van der Waals surface area contributed by atoms with Crippen molar-refractivity contribution in [2.45, 2.75) is 6.04 Å². The summed E-state index contributed by atoms with van der Waals surface area (Å²) in [5.41, 5.74) is 2.86. The summed E-state index contributed by atoms with van der Waals surface area (Å²) in [6, 6.07) is 17.4. The maximum atomic E-state index is 9.73. The van der Waals surface area contributed by atoms with Gasteiger partial charge in [-0.1, -0.05) is 24.3 Å². The number of para-hydroxylation sites is 1. The molecule has 1 aromatic heterocycles. The first-order chi connectivity index (χ1) is 11.7. The summed E-state index contributed by atoms with van der Waals surface area (Å²) in [5, 5.41) is 14.2. The van der Waals surface area contributed by atoms with Gasteiger partial charge in [0.05, 0.1) is 18.8 Å². The van der Waals surface area contributed by atoms with Gasteiger partial charge in [0.1, 0.15) is 18.1 Å². The van der Waals surface area contributed by atoms with Gasteiger partial charge in [0.25, 0.3) is 0 Å². The Bertz CT molecular complexity index is 875. The Hall–Kier alpha value is -2.66. The van der Waals surface area contributed by atoms with Crippen LogP contribution in [0.1, 0.15) is 10.9 Å². The minimum atomic E-state index is 0.103. The second-order valence-corrected chi connectivity index (χ2v) is 6.68. The summed E-state index contributed by atoms with van der Waals surface area (Å²) in [4.78, 5) is 1.18. The van der Waals surface area contributed by atoms with Crippen molar-refractivity contribution in [1.82, 2.24) is 0 Å². The van der Waals surface area contributed by atoms with Gasteiger partial charge >= 0.3 is 0 Å². The van der Waals surface area contributed by atoms with E-state index in [4.69, 9.17) is 9.47 Å². The lowest BCUT2D eigenvalue weighted by molar-refractivity contribution is 0.289. The number of fused-ring (bicyclic) bond motifs is 1. The van der Waals surface area contributed by atoms with Gasteiger partial charge in [0, 0.05) is 10.4 Å². The average Bonchev–Trinajstić information content (AvgIpc) is 3.10. The lowest BCUT2D eigenvalue weighted by Crippen LogP contribution is -2.23. The molecule has 1 aliphatic rings. The van der Waals surface area contributed by atoms with Crippen LogP contribution in [0.4, 0.5) is 5.69 Å². The summed E-state index contributed by atoms with van der Waals surface area (Å²) in [6.07, 6.45) is 0. The number of ether oxygens (including phenoxy) is 2. The molecule has 1 unspecified atom stereocenters. The maximum Gasteiger partial charge on any atom is 0.173 e. The summed E-state index contributed by atoms with van der Waals surface area (Å²) in [6.45, 7) is 0.548. The Morgan fingerprint density at radius 3 is 2.83 bits per heavy atom. The van der Waals surface area contributed by atoms with Gasteiger partial charge < -0.3 is 19.9 Å². The Balaban J connectivity index is 1.67. The van der Waals surface area contributed by atoms with E-state index in [2.05, 4.69) is 11.4 Å². The van der Waals surface area contributed by atoms with Crippen molar-refractivity contribution in [3.05, 3.63) is 59.5 Å². The number of nitrogens with one attached hydrogen (secondary N) is 1. The topological polar surface area (TPSA) is 50.7 Å². The molecule has 24 heavy (non-hydrogen) atoms. The van der Waals surface area contributed by atoms with Crippen LogP contribution in [0.3, 0.4) is 0 Å². The van der Waals surface area contributed by atoms with Gasteiger partial charge in [-0.25, -0.2) is 0 Å². The minimum Gasteiger partial charge on any atom is -0.508 e. The lowest BCUT2D eigenvalue weighted by Gasteiger charge is -2.28. The number of phenols is 1. The molecule has 0 saturated carbocycles. The van der Waals surface area contributed by atoms with Gasteiger partial charge in [-0.3, -0.25) is 0 Å². The number of thiophene rings is 1. The molecule has 2 N–H and O–H groups in total. The van der Waals surface area contributed by atoms with Crippen molar-refractivity contribution in [2.75, 3.05) is 19.0 Å². The fraction of sp³-hybridized carbons (Fsp3) is 0.158. The Morgan fingerprint density at radius 1 is 1.17 bits per heavy atom. The van der Waals surface area contributed by atoms with Crippen LogP contribution in [0.15, 0.2) is 54.6 Å². The van der Waals surface area contributed by atoms with Crippen molar-refractivity contribution in [3.63, 3.8) is 0 Å². The Morgan fingerprint density at radius 2 is 2.04 bits per heavy atom. The molecule has 5 heteroatoms. The number of anilines is 1. The van der Waals surface area contributed by atoms with Gasteiger partial charge in [0.15, 0.2) is 5.06 Å². The van der Waals surface area contributed by atoms with Crippen molar-refractivity contribution in [2.24, 2.45) is 0 Å². The molecule has 0 amide bonds. The molecule has 4 rings (SSSR count). The van der Waals surface area contributed by atoms with E-state index in [1.807, 2.05) is 36.4 Å². The molecule has 3 aromatic rings. The van der Waals surface area contributed by atoms with Crippen molar-refractivity contribution < 1.29 is 14.6 Å². The van der Waals surface area contributed by atoms with Crippen LogP contribution in [0.2, 0.25) is 0 Å². The number of methoxy groups -OCH3 is 1. The standard InChI is InChI=1S/C19H17NO3S/c1-22-18-9-8-17(24-18)16-11-23-19-14(6-3-7-15(19)20-16)12-4-2-5-13(21)10-12/h2-10,16,20-21H,11H2,1H3. The van der Waals surface area contributed by atoms with Crippen LogP contribution >= 0.6 is 11.3 Å². The minimum absolute atomic E-state index is 0.103. The predicted octanol–water partition coefficient (Wildman–Crippen LogP) is 4.67. The summed E-state index contributed by atoms with van der Waals surface area (Å²) >= 11 is 1.62. The lowest BCUT2D eigenvalue weighted by atomic mass is 10.0. The summed E-state index contributed by atoms with van der Waals surface area (Å²) < 4.78 is 11.4. The molecule has 0 radical (unpaired) electrons. The largest absolute Gasteiger partial charge is 0.508 e. The third-order valence-electron chi connectivity index (χ3n) is 4.04. The fourth-order valence-electron chi connectivity index (χ4n) is 2.89. The van der Waals surface area contributed by atoms with Gasteiger partial charge in [-0.15, -0.1) is 11.3 Å². The van der Waals surface area contributed by atoms with Crippen molar-refractivity contribution in [1.29, 1.82) is 0 Å². The SMILES string of the molecule is COc1ccc(C2COc3c(cccc3-c3cccc(O)c3)N2)s1. The van der Waals surface area contributed by atoms with E-state index >= 15 is 0 Å². The third kappa shape index (κ3) is 2.67. The second kappa shape index (κ2) is 6.09. The number of benzene rings is 2. The summed E-state index contributed by atoms with van der Waals surface area (Å²) in [7, 11) is 1.68. The van der Waals surface area contributed by atoms with Gasteiger partial charge in [-0.2, -0.15) is 0 Å². The van der Waals surface area contributed by atoms with E-state index in [0.717, 1.165) is 27.6 Å². The smallest absolute Gasteiger partial charge is 0.173 e. The van der Waals surface area contributed by atoms with Crippen molar-refractivity contribution >= 4 is 17.0 Å². The molecule has 0 saturated heterocycles. The number of phenolic OH excluding ortho intramolecular Hbond substituents is 1. The van der Waals surface area contributed by atoms with E-state index < -0.39 is 0 Å². The highest BCUT2D eigenvalue weighted by molar-refractivity contribution is 7.13. The molecule has 4 nitrogen and oxygen atoms in total. The van der Waals surface area contributed by atoms with Crippen LogP contribution in [0, 0.1) is 0 Å². The monoisotopic (exact) mass is 339 g/mol. The zero-order chi connectivity index (χ0) is 16.5. The van der Waals surface area contributed by atoms with Gasteiger partial charge in [0.2, 0.25) is 0 Å². The molecule has 2 aromatic carbocycles. The Kier molecular flexibility index (Phi) is 3.78. The van der Waals surface area contributed by atoms with Gasteiger partial charge in [-0.05, 0) is 35.9 Å². The fourth-order valence-corrected chi connectivity index (χ4v) is 3.74. The molecular weight excluding hydrogens is 322 g/mol. The highest BCUT2D eigenvalue weighted by atomic mass is 32.1. The molecule has 1 aliphatic heterocycles. The second-order valence-electron chi connectivity index (χ2n) is 5.60. The highest BCUT2D eigenvalue weighted by Gasteiger charge is 2.24. The highest BCUT2D eigenvalue weighted by Crippen LogP contribution is 2.43. The zero-order valence-electron chi connectivity index (χ0n) is 13.2. The predicted molar refractivity (Wildman–Crippen MR) is 96.3 cm³/mol. The van der Waals surface area contributed by atoms with Crippen LogP contribution in [0.5, 0.6) is 16.6 Å². The molecule has 0 aliphatic carbocycles. The zero-order valence-corrected chi connectivity index (χ0v) is 14.0. The van der Waals surface area contributed by atoms with E-state index in [0.29, 0.717) is 6.61 Å². The Labute approximate surface area is 144 Å². The maximum absolute atomic E-state index is 9.73. The van der Waals surface area contributed by atoms with E-state index in [-0.39, 0.29) is 11.8 Å². The van der Waals surface area contributed by atoms with Crippen molar-refractivity contribution in [3.8, 4) is 27.7 Å². The average molecular weight is 339 g/mol. The molecule has 1 atom stereocenters. The van der Waals surface area contributed by atoms with E-state index in [1.54, 1.807) is 30.6 Å². The van der Waals surface area contributed by atoms with Crippen LogP contribution in [-0.4, -0.2) is 18.8 Å². The number of hydrogen-bond acceptors (Lipinski definition) is 5. The van der Waals surface area contributed by atoms with E-state index in [9.17, 15) is 5.11 Å². The van der Waals surface area contributed by atoms with E-state index in [1.165, 1.54) is 4.88 Å². The number of rotatable bonds is 3. The first kappa shape index (κ1) is 14.9. The molecule has 2 heterocycles. The van der Waals surface area contributed by atoms with Crippen LogP contribution < -0.4 is 14.8 Å². The van der Waals surface area contributed by atoms with Crippen LogP contribution in [0.25, 0.3) is 11.1 Å². The first-order valence-corrected chi connectivity index (χ1v) is 8.52. The molecule has 122 valence electrons. The third-order valence-corrected chi connectivity index (χ3v) is 5.20. The normalized spacial score (nSPS) is 16.0. The number of aromatic hydroxyl groups is 1. The quantitative estimate of drug-likeness (QED) is 0.728. The molecular formula is C19H17NO3S.